The molecule has 0 spiro atoms. The van der Waals surface area contributed by atoms with Crippen LogP contribution in [-0.2, 0) is 16.1 Å². The summed E-state index contributed by atoms with van der Waals surface area (Å²) in [5, 5.41) is 11.8. The molecule has 1 saturated carbocycles. The van der Waals surface area contributed by atoms with Crippen molar-refractivity contribution >= 4 is 17.6 Å². The maximum atomic E-state index is 12.6. The smallest absolute Gasteiger partial charge is 0.307 e. The minimum absolute atomic E-state index is 0.163. The molecule has 0 bridgehead atoms. The average molecular weight is 354 g/mol. The zero-order valence-electron chi connectivity index (χ0n) is 15.0. The number of carbonyl (C=O) groups is 2. The van der Waals surface area contributed by atoms with E-state index in [0.717, 1.165) is 11.1 Å². The second-order valence-corrected chi connectivity index (χ2v) is 7.44. The highest BCUT2D eigenvalue weighted by molar-refractivity contribution is 5.99. The predicted octanol–water partition coefficient (Wildman–Crippen LogP) is 2.50. The Hall–Kier alpha value is -2.89. The molecule has 1 aliphatic rings. The molecule has 3 rings (SSSR count). The van der Waals surface area contributed by atoms with Crippen LogP contribution in [0.15, 0.2) is 47.4 Å². The molecule has 0 saturated heterocycles. The van der Waals surface area contributed by atoms with Gasteiger partial charge >= 0.3 is 5.97 Å². The third kappa shape index (κ3) is 3.27. The second kappa shape index (κ2) is 6.44. The minimum atomic E-state index is -0.986. The lowest BCUT2D eigenvalue weighted by atomic mass is 10.1. The molecule has 1 heterocycles. The van der Waals surface area contributed by atoms with E-state index < -0.39 is 29.1 Å². The summed E-state index contributed by atoms with van der Waals surface area (Å²) >= 11 is 0. The van der Waals surface area contributed by atoms with Crippen LogP contribution in [0.3, 0.4) is 0 Å². The molecule has 6 nitrogen and oxygen atoms in total. The fraction of sp³-hybridized carbons (Fsp3) is 0.350. The molecule has 0 aliphatic heterocycles. The quantitative estimate of drug-likeness (QED) is 0.863. The minimum Gasteiger partial charge on any atom is -0.481 e. The van der Waals surface area contributed by atoms with Crippen molar-refractivity contribution in [3.05, 3.63) is 64.1 Å². The maximum Gasteiger partial charge on any atom is 0.307 e. The second-order valence-electron chi connectivity index (χ2n) is 7.44. The Kier molecular flexibility index (Phi) is 4.44. The molecule has 2 N–H and O–H groups in total. The van der Waals surface area contributed by atoms with Gasteiger partial charge in [0.2, 0.25) is 5.91 Å². The highest BCUT2D eigenvalue weighted by Crippen LogP contribution is 2.58. The number of pyridine rings is 1. The van der Waals surface area contributed by atoms with Crippen molar-refractivity contribution in [2.24, 2.45) is 17.3 Å². The molecule has 136 valence electrons. The van der Waals surface area contributed by atoms with E-state index in [0.29, 0.717) is 6.54 Å². The summed E-state index contributed by atoms with van der Waals surface area (Å²) in [6, 6.07) is 11.1. The molecule has 1 amide bonds. The van der Waals surface area contributed by atoms with Crippen LogP contribution in [-0.4, -0.2) is 21.6 Å². The van der Waals surface area contributed by atoms with Gasteiger partial charge in [0, 0.05) is 6.20 Å². The number of amides is 1. The molecule has 26 heavy (non-hydrogen) atoms. The SMILES string of the molecule is Cc1ccc(Cn2cccc(NC(=O)[C@@H]3[C@H](C(=O)O)C3(C)C)c2=O)cc1. The summed E-state index contributed by atoms with van der Waals surface area (Å²) in [5.74, 6) is -2.77. The number of carbonyl (C=O) groups excluding carboxylic acids is 1. The molecular formula is C20H22N2O4. The standard InChI is InChI=1S/C20H22N2O4/c1-12-6-8-13(9-7-12)11-22-10-4-5-14(18(22)24)21-17(23)15-16(19(25)26)20(15,2)3/h4-10,15-16H,11H2,1-3H3,(H,21,23)(H,25,26)/t15-,16+/m0/s1. The number of carboxylic acids is 1. The highest BCUT2D eigenvalue weighted by atomic mass is 16.4. The zero-order valence-corrected chi connectivity index (χ0v) is 15.0. The van der Waals surface area contributed by atoms with E-state index in [9.17, 15) is 19.5 Å². The van der Waals surface area contributed by atoms with Gasteiger partial charge in [-0.1, -0.05) is 43.7 Å². The number of hydrogen-bond acceptors (Lipinski definition) is 3. The Morgan fingerprint density at radius 3 is 2.38 bits per heavy atom. The number of aromatic nitrogens is 1. The van der Waals surface area contributed by atoms with Gasteiger partial charge in [0.15, 0.2) is 0 Å². The summed E-state index contributed by atoms with van der Waals surface area (Å²) in [6.07, 6.45) is 1.67. The first-order chi connectivity index (χ1) is 12.2. The summed E-state index contributed by atoms with van der Waals surface area (Å²) < 4.78 is 1.52. The first-order valence-corrected chi connectivity index (χ1v) is 8.50. The van der Waals surface area contributed by atoms with Crippen LogP contribution in [0.1, 0.15) is 25.0 Å². The Balaban J connectivity index is 1.78. The Morgan fingerprint density at radius 2 is 1.81 bits per heavy atom. The first-order valence-electron chi connectivity index (χ1n) is 8.50. The monoisotopic (exact) mass is 354 g/mol. The van der Waals surface area contributed by atoms with Crippen molar-refractivity contribution < 1.29 is 14.7 Å². The van der Waals surface area contributed by atoms with E-state index in [-0.39, 0.29) is 11.2 Å². The molecule has 6 heteroatoms. The van der Waals surface area contributed by atoms with Gasteiger partial charge in [-0.2, -0.15) is 0 Å². The van der Waals surface area contributed by atoms with Gasteiger partial charge < -0.3 is 15.0 Å². The molecule has 2 atom stereocenters. The lowest BCUT2D eigenvalue weighted by molar-refractivity contribution is -0.140. The van der Waals surface area contributed by atoms with Crippen LogP contribution < -0.4 is 10.9 Å². The lowest BCUT2D eigenvalue weighted by Gasteiger charge is -2.10. The van der Waals surface area contributed by atoms with Crippen molar-refractivity contribution in [2.75, 3.05) is 5.32 Å². The number of aliphatic carboxylic acids is 1. The average Bonchev–Trinajstić information content (AvgIpc) is 3.16. The van der Waals surface area contributed by atoms with E-state index in [2.05, 4.69) is 5.32 Å². The number of anilines is 1. The number of hydrogen-bond donors (Lipinski definition) is 2. The number of rotatable bonds is 5. The van der Waals surface area contributed by atoms with Crippen LogP contribution in [0.2, 0.25) is 0 Å². The fourth-order valence-electron chi connectivity index (χ4n) is 3.45. The van der Waals surface area contributed by atoms with E-state index in [1.165, 1.54) is 10.6 Å². The fourth-order valence-corrected chi connectivity index (χ4v) is 3.45. The molecular weight excluding hydrogens is 332 g/mol. The van der Waals surface area contributed by atoms with Gasteiger partial charge in [-0.05, 0) is 30.0 Å². The van der Waals surface area contributed by atoms with Crippen molar-refractivity contribution in [3.8, 4) is 0 Å². The molecule has 1 aliphatic carbocycles. The summed E-state index contributed by atoms with van der Waals surface area (Å²) in [6.45, 7) is 5.89. The Labute approximate surface area is 151 Å². The van der Waals surface area contributed by atoms with Crippen LogP contribution in [0.4, 0.5) is 5.69 Å². The molecule has 2 aromatic rings. The third-order valence-electron chi connectivity index (χ3n) is 5.13. The van der Waals surface area contributed by atoms with E-state index in [1.807, 2.05) is 31.2 Å². The van der Waals surface area contributed by atoms with Gasteiger partial charge in [-0.3, -0.25) is 14.4 Å². The third-order valence-corrected chi connectivity index (χ3v) is 5.13. The van der Waals surface area contributed by atoms with E-state index in [4.69, 9.17) is 0 Å². The van der Waals surface area contributed by atoms with Gasteiger partial charge in [-0.25, -0.2) is 0 Å². The normalized spacial score (nSPS) is 20.4. The van der Waals surface area contributed by atoms with Gasteiger partial charge in [-0.15, -0.1) is 0 Å². The van der Waals surface area contributed by atoms with Crippen LogP contribution in [0, 0.1) is 24.2 Å². The summed E-state index contributed by atoms with van der Waals surface area (Å²) in [7, 11) is 0. The topological polar surface area (TPSA) is 88.4 Å². The van der Waals surface area contributed by atoms with Crippen molar-refractivity contribution in [3.63, 3.8) is 0 Å². The molecule has 1 fully saturated rings. The number of carboxylic acid groups (broad SMARTS) is 1. The van der Waals surface area contributed by atoms with Crippen molar-refractivity contribution in [1.82, 2.24) is 4.57 Å². The van der Waals surface area contributed by atoms with Crippen LogP contribution in [0.25, 0.3) is 0 Å². The van der Waals surface area contributed by atoms with E-state index in [1.54, 1.807) is 26.1 Å². The van der Waals surface area contributed by atoms with E-state index >= 15 is 0 Å². The van der Waals surface area contributed by atoms with Crippen molar-refractivity contribution in [2.45, 2.75) is 27.3 Å². The first kappa shape index (κ1) is 17.9. The Morgan fingerprint density at radius 1 is 1.15 bits per heavy atom. The molecule has 0 radical (unpaired) electrons. The molecule has 0 unspecified atom stereocenters. The summed E-state index contributed by atoms with van der Waals surface area (Å²) in [5.41, 5.74) is 1.37. The number of benzene rings is 1. The zero-order chi connectivity index (χ0) is 19.1. The number of aryl methyl sites for hydroxylation is 1. The van der Waals surface area contributed by atoms with Gasteiger partial charge in [0.05, 0.1) is 18.4 Å². The number of nitrogens with one attached hydrogen (secondary N) is 1. The maximum absolute atomic E-state index is 12.6. The molecule has 1 aromatic carbocycles. The molecule has 1 aromatic heterocycles. The van der Waals surface area contributed by atoms with Crippen molar-refractivity contribution in [1.29, 1.82) is 0 Å². The highest BCUT2D eigenvalue weighted by Gasteiger charge is 2.65. The lowest BCUT2D eigenvalue weighted by Crippen LogP contribution is -2.27. The summed E-state index contributed by atoms with van der Waals surface area (Å²) in [4.78, 5) is 36.3. The Bertz CT molecular complexity index is 912. The van der Waals surface area contributed by atoms with Gasteiger partial charge in [0.25, 0.3) is 5.56 Å². The number of nitrogens with zero attached hydrogens (tertiary/aromatic N) is 1. The van der Waals surface area contributed by atoms with Crippen LogP contribution in [0.5, 0.6) is 0 Å². The van der Waals surface area contributed by atoms with Crippen LogP contribution >= 0.6 is 0 Å². The van der Waals surface area contributed by atoms with Gasteiger partial charge in [0.1, 0.15) is 5.69 Å². The predicted molar refractivity (Wildman–Crippen MR) is 98.0 cm³/mol. The largest absolute Gasteiger partial charge is 0.481 e.